The van der Waals surface area contributed by atoms with E-state index in [0.29, 0.717) is 18.5 Å². The Bertz CT molecular complexity index is 448. The summed E-state index contributed by atoms with van der Waals surface area (Å²) in [6.07, 6.45) is 4.86. The molecule has 0 aromatic carbocycles. The van der Waals surface area contributed by atoms with Gasteiger partial charge in [-0.05, 0) is 44.9 Å². The fraction of sp³-hybridized carbons (Fsp3) is 0.688. The van der Waals surface area contributed by atoms with Crippen molar-refractivity contribution in [1.29, 1.82) is 0 Å². The van der Waals surface area contributed by atoms with Crippen molar-refractivity contribution in [2.75, 3.05) is 24.5 Å². The lowest BCUT2D eigenvalue weighted by molar-refractivity contribution is 0.169. The zero-order valence-corrected chi connectivity index (χ0v) is 12.5. The number of hydrogen-bond donors (Lipinski definition) is 1. The van der Waals surface area contributed by atoms with Crippen molar-refractivity contribution in [2.45, 2.75) is 51.3 Å². The van der Waals surface area contributed by atoms with Gasteiger partial charge in [-0.25, -0.2) is 0 Å². The summed E-state index contributed by atoms with van der Waals surface area (Å²) >= 11 is 0. The smallest absolute Gasteiger partial charge is 0.0957 e. The van der Waals surface area contributed by atoms with Gasteiger partial charge in [0.2, 0.25) is 0 Å². The highest BCUT2D eigenvalue weighted by molar-refractivity contribution is 5.47. The average Bonchev–Trinajstić information content (AvgIpc) is 2.93. The standard InChI is InChI=1S/C16H25N3O/c1-3-16(20)15-7-6-13(9-17-15)19-11-14-5-4-8-18(14)10-12(19)2/h6-7,9,12,14,16,20H,3-5,8,10-11H2,1-2H3/t12?,14?,16-/m1/s1. The second-order valence-electron chi connectivity index (χ2n) is 6.16. The van der Waals surface area contributed by atoms with E-state index in [0.717, 1.165) is 18.8 Å². The summed E-state index contributed by atoms with van der Waals surface area (Å²) in [7, 11) is 0. The third kappa shape index (κ3) is 2.54. The van der Waals surface area contributed by atoms with E-state index < -0.39 is 6.10 Å². The van der Waals surface area contributed by atoms with Crippen molar-refractivity contribution in [2.24, 2.45) is 0 Å². The molecule has 0 spiro atoms. The summed E-state index contributed by atoms with van der Waals surface area (Å²) in [6, 6.07) is 5.33. The van der Waals surface area contributed by atoms with E-state index >= 15 is 0 Å². The first-order valence-corrected chi connectivity index (χ1v) is 7.83. The topological polar surface area (TPSA) is 39.6 Å². The predicted molar refractivity (Wildman–Crippen MR) is 80.9 cm³/mol. The molecule has 4 nitrogen and oxygen atoms in total. The Balaban J connectivity index is 1.74. The molecule has 2 saturated heterocycles. The molecule has 1 N–H and O–H groups in total. The van der Waals surface area contributed by atoms with E-state index in [-0.39, 0.29) is 0 Å². The summed E-state index contributed by atoms with van der Waals surface area (Å²) in [4.78, 5) is 9.54. The number of nitrogens with zero attached hydrogens (tertiary/aromatic N) is 3. The van der Waals surface area contributed by atoms with Crippen molar-refractivity contribution in [1.82, 2.24) is 9.88 Å². The van der Waals surface area contributed by atoms with Gasteiger partial charge in [0, 0.05) is 25.2 Å². The first-order chi connectivity index (χ1) is 9.69. The molecular weight excluding hydrogens is 250 g/mol. The maximum atomic E-state index is 9.82. The molecule has 110 valence electrons. The lowest BCUT2D eigenvalue weighted by Crippen LogP contribution is -2.55. The quantitative estimate of drug-likeness (QED) is 0.918. The van der Waals surface area contributed by atoms with Crippen LogP contribution in [0.4, 0.5) is 5.69 Å². The first-order valence-electron chi connectivity index (χ1n) is 7.83. The van der Waals surface area contributed by atoms with E-state index in [9.17, 15) is 5.11 Å². The number of aliphatic hydroxyl groups is 1. The minimum atomic E-state index is -0.437. The van der Waals surface area contributed by atoms with E-state index in [1.165, 1.54) is 25.1 Å². The number of fused-ring (bicyclic) bond motifs is 1. The SMILES string of the molecule is CC[C@@H](O)c1ccc(N2CC3CCCN3CC2C)cn1. The van der Waals surface area contributed by atoms with Gasteiger partial charge in [0.1, 0.15) is 0 Å². The van der Waals surface area contributed by atoms with Crippen molar-refractivity contribution in [3.8, 4) is 0 Å². The van der Waals surface area contributed by atoms with Crippen LogP contribution in [-0.2, 0) is 0 Å². The summed E-state index contributed by atoms with van der Waals surface area (Å²) in [5, 5.41) is 9.82. The molecule has 1 aromatic heterocycles. The number of piperazine rings is 1. The molecule has 3 rings (SSSR count). The second-order valence-corrected chi connectivity index (χ2v) is 6.16. The van der Waals surface area contributed by atoms with Gasteiger partial charge in [-0.1, -0.05) is 6.92 Å². The summed E-state index contributed by atoms with van der Waals surface area (Å²) in [5.74, 6) is 0. The van der Waals surface area contributed by atoms with Crippen LogP contribution in [0.15, 0.2) is 18.3 Å². The molecule has 0 saturated carbocycles. The molecule has 0 radical (unpaired) electrons. The van der Waals surface area contributed by atoms with Gasteiger partial charge < -0.3 is 10.0 Å². The molecule has 0 aliphatic carbocycles. The summed E-state index contributed by atoms with van der Waals surface area (Å²) < 4.78 is 0. The van der Waals surface area contributed by atoms with Crippen LogP contribution in [-0.4, -0.2) is 46.7 Å². The van der Waals surface area contributed by atoms with Crippen LogP contribution in [0.5, 0.6) is 0 Å². The van der Waals surface area contributed by atoms with Crippen molar-refractivity contribution >= 4 is 5.69 Å². The van der Waals surface area contributed by atoms with Crippen LogP contribution < -0.4 is 4.90 Å². The second kappa shape index (κ2) is 5.70. The highest BCUT2D eigenvalue weighted by Crippen LogP contribution is 2.28. The van der Waals surface area contributed by atoms with E-state index in [1.54, 1.807) is 0 Å². The Kier molecular flexibility index (Phi) is 3.94. The summed E-state index contributed by atoms with van der Waals surface area (Å²) in [5.41, 5.74) is 1.97. The number of anilines is 1. The Morgan fingerprint density at radius 1 is 1.40 bits per heavy atom. The fourth-order valence-corrected chi connectivity index (χ4v) is 3.52. The Hall–Kier alpha value is -1.13. The molecule has 2 fully saturated rings. The number of rotatable bonds is 3. The van der Waals surface area contributed by atoms with Crippen molar-refractivity contribution in [3.63, 3.8) is 0 Å². The van der Waals surface area contributed by atoms with Gasteiger partial charge in [0.15, 0.2) is 0 Å². The molecule has 2 aliphatic rings. The number of aliphatic hydroxyl groups excluding tert-OH is 1. The third-order valence-corrected chi connectivity index (χ3v) is 4.77. The van der Waals surface area contributed by atoms with Gasteiger partial charge >= 0.3 is 0 Å². The third-order valence-electron chi connectivity index (χ3n) is 4.77. The van der Waals surface area contributed by atoms with Crippen molar-refractivity contribution in [3.05, 3.63) is 24.0 Å². The lowest BCUT2D eigenvalue weighted by Gasteiger charge is -2.43. The van der Waals surface area contributed by atoms with E-state index in [2.05, 4.69) is 27.8 Å². The fourth-order valence-electron chi connectivity index (χ4n) is 3.52. The van der Waals surface area contributed by atoms with Gasteiger partial charge in [-0.3, -0.25) is 9.88 Å². The molecule has 3 heterocycles. The van der Waals surface area contributed by atoms with Crippen LogP contribution in [0.3, 0.4) is 0 Å². The molecule has 1 aromatic rings. The minimum Gasteiger partial charge on any atom is -0.387 e. The predicted octanol–water partition coefficient (Wildman–Crippen LogP) is 2.20. The highest BCUT2D eigenvalue weighted by atomic mass is 16.3. The average molecular weight is 275 g/mol. The molecule has 2 unspecified atom stereocenters. The van der Waals surface area contributed by atoms with Gasteiger partial charge in [0.25, 0.3) is 0 Å². The first kappa shape index (κ1) is 13.8. The largest absolute Gasteiger partial charge is 0.387 e. The van der Waals surface area contributed by atoms with Crippen LogP contribution in [0.25, 0.3) is 0 Å². The molecule has 0 amide bonds. The molecule has 20 heavy (non-hydrogen) atoms. The maximum absolute atomic E-state index is 9.82. The number of pyridine rings is 1. The Morgan fingerprint density at radius 2 is 2.25 bits per heavy atom. The Labute approximate surface area is 121 Å². The zero-order chi connectivity index (χ0) is 14.1. The van der Waals surface area contributed by atoms with Crippen LogP contribution in [0.1, 0.15) is 44.9 Å². The monoisotopic (exact) mass is 275 g/mol. The summed E-state index contributed by atoms with van der Waals surface area (Å²) in [6.45, 7) is 7.80. The number of aromatic nitrogens is 1. The minimum absolute atomic E-state index is 0.437. The molecule has 4 heteroatoms. The normalized spacial score (nSPS) is 28.4. The van der Waals surface area contributed by atoms with Gasteiger partial charge in [-0.15, -0.1) is 0 Å². The van der Waals surface area contributed by atoms with E-state index in [1.807, 2.05) is 19.2 Å². The molecule has 3 atom stereocenters. The zero-order valence-electron chi connectivity index (χ0n) is 12.5. The van der Waals surface area contributed by atoms with Crippen molar-refractivity contribution < 1.29 is 5.11 Å². The molecule has 0 bridgehead atoms. The van der Waals surface area contributed by atoms with Crippen LogP contribution in [0.2, 0.25) is 0 Å². The van der Waals surface area contributed by atoms with Gasteiger partial charge in [-0.2, -0.15) is 0 Å². The highest BCUT2D eigenvalue weighted by Gasteiger charge is 2.34. The molecule has 2 aliphatic heterocycles. The van der Waals surface area contributed by atoms with Gasteiger partial charge in [0.05, 0.1) is 23.7 Å². The maximum Gasteiger partial charge on any atom is 0.0957 e. The molecular formula is C16H25N3O. The van der Waals surface area contributed by atoms with Crippen LogP contribution in [0, 0.1) is 0 Å². The Morgan fingerprint density at radius 3 is 2.95 bits per heavy atom. The number of hydrogen-bond acceptors (Lipinski definition) is 4. The van der Waals surface area contributed by atoms with E-state index in [4.69, 9.17) is 0 Å². The van der Waals surface area contributed by atoms with Crippen LogP contribution >= 0.6 is 0 Å². The lowest BCUT2D eigenvalue weighted by atomic mass is 10.1.